The van der Waals surface area contributed by atoms with Crippen LogP contribution in [0.15, 0.2) is 121 Å². The molecule has 2 aliphatic rings. The Hall–Kier alpha value is -4.97. The van der Waals surface area contributed by atoms with Gasteiger partial charge in [-0.1, -0.05) is 124 Å². The van der Waals surface area contributed by atoms with Crippen LogP contribution in [0.5, 0.6) is 0 Å². The second-order valence-electron chi connectivity index (χ2n) is 13.9. The standard InChI is InChI=1S/C45H48O10S/c1-2-56-45-40(55-43(48)35-26-16-7-17-27-35)39(52-36(28-31-18-8-3-9-19-31)44(49)50-29-32-20-10-4-11-21-32)38(54-42(47)34-24-14-6-15-25-34)37(53-45)30-51-41(46)33-22-12-5-13-23-33/h4-7,10-17,20-27,31,36-40,45H,2-3,8-9,18-19,28-30H2,1H3/t36-,37?,38-,39?,40?,45-/m0/s1. The van der Waals surface area contributed by atoms with Gasteiger partial charge >= 0.3 is 23.9 Å². The van der Waals surface area contributed by atoms with Crippen LogP contribution in [0.3, 0.4) is 0 Å². The molecule has 0 radical (unpaired) electrons. The van der Waals surface area contributed by atoms with Gasteiger partial charge in [-0.2, -0.15) is 0 Å². The zero-order valence-electron chi connectivity index (χ0n) is 31.4. The molecule has 1 saturated heterocycles. The Morgan fingerprint density at radius 3 is 1.71 bits per heavy atom. The van der Waals surface area contributed by atoms with E-state index < -0.39 is 59.8 Å². The van der Waals surface area contributed by atoms with Crippen LogP contribution in [-0.2, 0) is 39.8 Å². The first-order chi connectivity index (χ1) is 27.4. The third-order valence-electron chi connectivity index (χ3n) is 9.90. The fourth-order valence-corrected chi connectivity index (χ4v) is 7.97. The number of esters is 4. The van der Waals surface area contributed by atoms with Crippen molar-refractivity contribution in [1.82, 2.24) is 0 Å². The van der Waals surface area contributed by atoms with Gasteiger partial charge in [0.25, 0.3) is 0 Å². The Morgan fingerprint density at radius 1 is 0.643 bits per heavy atom. The van der Waals surface area contributed by atoms with E-state index >= 15 is 0 Å². The Balaban J connectivity index is 1.38. The molecule has 4 aromatic rings. The Kier molecular flexibility index (Phi) is 15.1. The molecule has 1 aliphatic heterocycles. The third kappa shape index (κ3) is 11.3. The monoisotopic (exact) mass is 780 g/mol. The van der Waals surface area contributed by atoms with Crippen molar-refractivity contribution in [2.24, 2.45) is 5.92 Å². The molecule has 4 aromatic carbocycles. The van der Waals surface area contributed by atoms with E-state index in [-0.39, 0.29) is 24.7 Å². The van der Waals surface area contributed by atoms with Gasteiger partial charge in [0.05, 0.1) is 16.7 Å². The Morgan fingerprint density at radius 2 is 1.16 bits per heavy atom. The number of carbonyl (C=O) groups excluding carboxylic acids is 4. The molecule has 2 fully saturated rings. The van der Waals surface area contributed by atoms with Crippen molar-refractivity contribution in [1.29, 1.82) is 0 Å². The zero-order valence-corrected chi connectivity index (χ0v) is 32.3. The maximum atomic E-state index is 14.2. The highest BCUT2D eigenvalue weighted by Gasteiger charge is 2.53. The lowest BCUT2D eigenvalue weighted by Gasteiger charge is -2.45. The summed E-state index contributed by atoms with van der Waals surface area (Å²) in [5, 5.41) is 0. The van der Waals surface area contributed by atoms with Crippen LogP contribution in [-0.4, -0.2) is 72.2 Å². The molecular weight excluding hydrogens is 733 g/mol. The Labute approximate surface area is 332 Å². The van der Waals surface area contributed by atoms with E-state index in [1.165, 1.54) is 11.8 Å². The molecule has 0 spiro atoms. The molecule has 6 atom stereocenters. The molecule has 1 aliphatic carbocycles. The van der Waals surface area contributed by atoms with Gasteiger partial charge in [0.15, 0.2) is 18.3 Å². The van der Waals surface area contributed by atoms with Crippen LogP contribution in [0.4, 0.5) is 0 Å². The van der Waals surface area contributed by atoms with E-state index in [1.54, 1.807) is 91.0 Å². The summed E-state index contributed by atoms with van der Waals surface area (Å²) in [6, 6.07) is 34.8. The van der Waals surface area contributed by atoms with Gasteiger partial charge in [-0.05, 0) is 60.1 Å². The number of benzene rings is 4. The molecule has 6 rings (SSSR count). The topological polar surface area (TPSA) is 124 Å². The van der Waals surface area contributed by atoms with Crippen molar-refractivity contribution in [2.75, 3.05) is 12.4 Å². The molecule has 0 N–H and O–H groups in total. The molecule has 0 amide bonds. The van der Waals surface area contributed by atoms with E-state index in [2.05, 4.69) is 0 Å². The second kappa shape index (κ2) is 20.8. The number of carbonyl (C=O) groups is 4. The zero-order chi connectivity index (χ0) is 39.1. The van der Waals surface area contributed by atoms with Crippen molar-refractivity contribution < 1.29 is 47.6 Å². The molecular formula is C45H48O10S. The maximum Gasteiger partial charge on any atom is 0.338 e. The lowest BCUT2D eigenvalue weighted by molar-refractivity contribution is -0.235. The van der Waals surface area contributed by atoms with Crippen LogP contribution in [0.1, 0.15) is 82.1 Å². The predicted molar refractivity (Wildman–Crippen MR) is 211 cm³/mol. The van der Waals surface area contributed by atoms with Gasteiger partial charge < -0.3 is 28.4 Å². The smallest absolute Gasteiger partial charge is 0.338 e. The van der Waals surface area contributed by atoms with Crippen LogP contribution < -0.4 is 0 Å². The van der Waals surface area contributed by atoms with E-state index in [0.717, 1.165) is 37.7 Å². The van der Waals surface area contributed by atoms with Crippen LogP contribution in [0.2, 0.25) is 0 Å². The summed E-state index contributed by atoms with van der Waals surface area (Å²) in [5.41, 5.74) is 0.837. The van der Waals surface area contributed by atoms with E-state index in [4.69, 9.17) is 28.4 Å². The molecule has 1 heterocycles. The molecule has 0 aromatic heterocycles. The first-order valence-corrected chi connectivity index (χ1v) is 20.3. The third-order valence-corrected chi connectivity index (χ3v) is 10.9. The minimum atomic E-state index is -1.30. The van der Waals surface area contributed by atoms with Gasteiger partial charge in [-0.15, -0.1) is 11.8 Å². The molecule has 1 saturated carbocycles. The van der Waals surface area contributed by atoms with Crippen LogP contribution >= 0.6 is 11.8 Å². The highest BCUT2D eigenvalue weighted by molar-refractivity contribution is 7.99. The van der Waals surface area contributed by atoms with Gasteiger partial charge in [-0.3, -0.25) is 0 Å². The van der Waals surface area contributed by atoms with Gasteiger partial charge in [0.1, 0.15) is 30.9 Å². The average Bonchev–Trinajstić information content (AvgIpc) is 3.25. The largest absolute Gasteiger partial charge is 0.459 e. The summed E-state index contributed by atoms with van der Waals surface area (Å²) >= 11 is 1.36. The van der Waals surface area contributed by atoms with Crippen molar-refractivity contribution in [3.8, 4) is 0 Å². The summed E-state index contributed by atoms with van der Waals surface area (Å²) in [6.45, 7) is 1.63. The molecule has 56 heavy (non-hydrogen) atoms. The normalized spacial score (nSPS) is 21.6. The molecule has 10 nitrogen and oxygen atoms in total. The SMILES string of the molecule is CCS[C@@H]1OC(COC(=O)c2ccccc2)[C@H](OC(=O)c2ccccc2)C(O[C@@H](CC2CCCCC2)C(=O)OCc2ccccc2)C1OC(=O)c1ccccc1. The van der Waals surface area contributed by atoms with Crippen molar-refractivity contribution >= 4 is 35.6 Å². The summed E-state index contributed by atoms with van der Waals surface area (Å²) in [4.78, 5) is 55.0. The fourth-order valence-electron chi connectivity index (χ4n) is 7.02. The number of ether oxygens (including phenoxy) is 6. The summed E-state index contributed by atoms with van der Waals surface area (Å²) < 4.78 is 37.6. The van der Waals surface area contributed by atoms with E-state index in [1.807, 2.05) is 37.3 Å². The van der Waals surface area contributed by atoms with Crippen molar-refractivity contribution in [3.05, 3.63) is 144 Å². The predicted octanol–water partition coefficient (Wildman–Crippen LogP) is 8.24. The summed E-state index contributed by atoms with van der Waals surface area (Å²) in [5.74, 6) is -1.80. The minimum absolute atomic E-state index is 0.0309. The maximum absolute atomic E-state index is 14.2. The quantitative estimate of drug-likeness (QED) is 0.0807. The molecule has 11 heteroatoms. The van der Waals surface area contributed by atoms with Crippen LogP contribution in [0.25, 0.3) is 0 Å². The lowest BCUT2D eigenvalue weighted by Crippen LogP contribution is -2.62. The molecule has 3 unspecified atom stereocenters. The number of rotatable bonds is 16. The lowest BCUT2D eigenvalue weighted by atomic mass is 9.85. The molecule has 294 valence electrons. The number of hydrogen-bond donors (Lipinski definition) is 0. The summed E-state index contributed by atoms with van der Waals surface area (Å²) in [7, 11) is 0. The first-order valence-electron chi connectivity index (χ1n) is 19.3. The Bertz CT molecular complexity index is 1840. The van der Waals surface area contributed by atoms with Crippen molar-refractivity contribution in [2.45, 2.75) is 88.0 Å². The highest BCUT2D eigenvalue weighted by Crippen LogP contribution is 2.37. The fraction of sp³-hybridized carbons (Fsp3) is 0.378. The van der Waals surface area contributed by atoms with Crippen molar-refractivity contribution in [3.63, 3.8) is 0 Å². The van der Waals surface area contributed by atoms with Crippen LogP contribution in [0, 0.1) is 5.92 Å². The van der Waals surface area contributed by atoms with Gasteiger partial charge in [0, 0.05) is 0 Å². The number of hydrogen-bond acceptors (Lipinski definition) is 11. The molecule has 0 bridgehead atoms. The van der Waals surface area contributed by atoms with Gasteiger partial charge in [0.2, 0.25) is 0 Å². The second-order valence-corrected chi connectivity index (χ2v) is 15.2. The first kappa shape index (κ1) is 40.7. The highest BCUT2D eigenvalue weighted by atomic mass is 32.2. The number of thioether (sulfide) groups is 1. The average molecular weight is 781 g/mol. The van der Waals surface area contributed by atoms with E-state index in [0.29, 0.717) is 23.3 Å². The van der Waals surface area contributed by atoms with E-state index in [9.17, 15) is 19.2 Å². The minimum Gasteiger partial charge on any atom is -0.459 e. The van der Waals surface area contributed by atoms with Gasteiger partial charge in [-0.25, -0.2) is 19.2 Å². The summed E-state index contributed by atoms with van der Waals surface area (Å²) in [6.07, 6.45) is -0.521.